The molecule has 1 amide bonds. The zero-order chi connectivity index (χ0) is 15.6. The Morgan fingerprint density at radius 3 is 2.43 bits per heavy atom. The van der Waals surface area contributed by atoms with E-state index in [2.05, 4.69) is 48.7 Å². The molecule has 2 aromatic rings. The van der Waals surface area contributed by atoms with Crippen molar-refractivity contribution in [1.82, 2.24) is 0 Å². The van der Waals surface area contributed by atoms with Gasteiger partial charge in [-0.3, -0.25) is 4.79 Å². The van der Waals surface area contributed by atoms with E-state index in [1.807, 2.05) is 24.3 Å². The second-order valence-corrected chi connectivity index (χ2v) is 7.47. The van der Waals surface area contributed by atoms with Crippen molar-refractivity contribution >= 4 is 45.8 Å². The van der Waals surface area contributed by atoms with Crippen molar-refractivity contribution in [3.63, 3.8) is 0 Å². The average Bonchev–Trinajstić information content (AvgIpc) is 2.37. The Bertz CT molecular complexity index is 677. The van der Waals surface area contributed by atoms with Crippen molar-refractivity contribution in [3.05, 3.63) is 62.2 Å². The molecule has 0 radical (unpaired) electrons. The molecule has 0 saturated carbocycles. The van der Waals surface area contributed by atoms with Crippen LogP contribution in [0, 0.1) is 3.57 Å². The molecule has 0 aromatic heterocycles. The number of halogens is 2. The van der Waals surface area contributed by atoms with Gasteiger partial charge in [0.2, 0.25) is 0 Å². The van der Waals surface area contributed by atoms with Crippen LogP contribution in [0.5, 0.6) is 0 Å². The van der Waals surface area contributed by atoms with Gasteiger partial charge in [0.15, 0.2) is 0 Å². The van der Waals surface area contributed by atoms with Crippen LogP contribution in [0.2, 0.25) is 5.02 Å². The fourth-order valence-corrected chi connectivity index (χ4v) is 3.23. The Labute approximate surface area is 144 Å². The minimum Gasteiger partial charge on any atom is -0.322 e. The number of benzene rings is 2. The molecule has 0 fully saturated rings. The van der Waals surface area contributed by atoms with Crippen molar-refractivity contribution in [1.29, 1.82) is 0 Å². The van der Waals surface area contributed by atoms with Crippen molar-refractivity contribution in [3.8, 4) is 0 Å². The summed E-state index contributed by atoms with van der Waals surface area (Å²) in [7, 11) is 0. The summed E-state index contributed by atoms with van der Waals surface area (Å²) < 4.78 is 0.839. The third-order valence-corrected chi connectivity index (χ3v) is 4.29. The van der Waals surface area contributed by atoms with E-state index in [4.69, 9.17) is 11.6 Å². The lowest BCUT2D eigenvalue weighted by Crippen LogP contribution is -2.19. The van der Waals surface area contributed by atoms with Gasteiger partial charge in [0, 0.05) is 14.3 Å². The summed E-state index contributed by atoms with van der Waals surface area (Å²) in [6, 6.07) is 13.2. The minimum atomic E-state index is -0.118. The fourth-order valence-electron chi connectivity index (χ4n) is 2.11. The maximum Gasteiger partial charge on any atom is 0.256 e. The predicted octanol–water partition coefficient (Wildman–Crippen LogP) is 5.49. The van der Waals surface area contributed by atoms with Crippen LogP contribution in [0.3, 0.4) is 0 Å². The summed E-state index contributed by atoms with van der Waals surface area (Å²) in [4.78, 5) is 12.5. The van der Waals surface area contributed by atoms with Gasteiger partial charge >= 0.3 is 0 Å². The zero-order valence-corrected chi connectivity index (χ0v) is 15.1. The molecule has 0 spiro atoms. The average molecular weight is 414 g/mol. The number of carbonyl (C=O) groups excluding carboxylic acids is 1. The molecule has 110 valence electrons. The number of para-hydroxylation sites is 1. The van der Waals surface area contributed by atoms with Gasteiger partial charge in [0.25, 0.3) is 5.91 Å². The number of amides is 1. The van der Waals surface area contributed by atoms with Crippen LogP contribution in [-0.2, 0) is 5.41 Å². The fraction of sp³-hybridized carbons (Fsp3) is 0.235. The molecule has 21 heavy (non-hydrogen) atoms. The number of rotatable bonds is 2. The number of hydrogen-bond acceptors (Lipinski definition) is 1. The minimum absolute atomic E-state index is 0.0307. The van der Waals surface area contributed by atoms with Crippen LogP contribution in [0.1, 0.15) is 36.7 Å². The number of carbonyl (C=O) groups is 1. The molecular formula is C17H17ClINO. The van der Waals surface area contributed by atoms with Crippen molar-refractivity contribution < 1.29 is 4.79 Å². The number of hydrogen-bond donors (Lipinski definition) is 1. The lowest BCUT2D eigenvalue weighted by molar-refractivity contribution is 0.102. The molecule has 2 nitrogen and oxygen atoms in total. The first-order chi connectivity index (χ1) is 9.79. The lowest BCUT2D eigenvalue weighted by Gasteiger charge is -2.23. The van der Waals surface area contributed by atoms with Crippen molar-refractivity contribution in [2.75, 3.05) is 5.32 Å². The van der Waals surface area contributed by atoms with Gasteiger partial charge in [-0.15, -0.1) is 0 Å². The van der Waals surface area contributed by atoms with Gasteiger partial charge in [-0.25, -0.2) is 0 Å². The normalized spacial score (nSPS) is 11.3. The third-order valence-electron chi connectivity index (χ3n) is 3.16. The molecule has 0 aliphatic heterocycles. The summed E-state index contributed by atoms with van der Waals surface area (Å²) >= 11 is 8.05. The highest BCUT2D eigenvalue weighted by atomic mass is 127. The van der Waals surface area contributed by atoms with Crippen LogP contribution in [0.15, 0.2) is 42.5 Å². The van der Waals surface area contributed by atoms with Gasteiger partial charge in [-0.2, -0.15) is 0 Å². The first kappa shape index (κ1) is 16.3. The Morgan fingerprint density at radius 1 is 1.14 bits per heavy atom. The molecule has 0 heterocycles. The maximum absolute atomic E-state index is 12.5. The number of nitrogens with one attached hydrogen (secondary N) is 1. The molecule has 1 N–H and O–H groups in total. The van der Waals surface area contributed by atoms with E-state index in [-0.39, 0.29) is 11.3 Å². The van der Waals surface area contributed by atoms with E-state index >= 15 is 0 Å². The molecule has 0 aliphatic carbocycles. The highest BCUT2D eigenvalue weighted by Crippen LogP contribution is 2.30. The van der Waals surface area contributed by atoms with Crippen molar-refractivity contribution in [2.24, 2.45) is 0 Å². The second-order valence-electron chi connectivity index (χ2n) is 5.87. The standard InChI is InChI=1S/C17H17ClINO/c1-17(2,3)13-6-4-5-7-15(13)20-16(21)12-9-8-11(18)10-14(12)19/h4-10H,1-3H3,(H,20,21). The van der Waals surface area contributed by atoms with Gasteiger partial charge in [0.1, 0.15) is 0 Å². The molecule has 4 heteroatoms. The molecule has 0 saturated heterocycles. The quantitative estimate of drug-likeness (QED) is 0.648. The SMILES string of the molecule is CC(C)(C)c1ccccc1NC(=O)c1ccc(Cl)cc1I. The summed E-state index contributed by atoms with van der Waals surface area (Å²) in [6.45, 7) is 6.39. The van der Waals surface area contributed by atoms with Crippen LogP contribution in [0.4, 0.5) is 5.69 Å². The molecule has 0 unspecified atom stereocenters. The van der Waals surface area contributed by atoms with Gasteiger partial charge in [-0.1, -0.05) is 50.6 Å². The smallest absolute Gasteiger partial charge is 0.256 e. The topological polar surface area (TPSA) is 29.1 Å². The largest absolute Gasteiger partial charge is 0.322 e. The molecular weight excluding hydrogens is 397 g/mol. The van der Waals surface area contributed by atoms with E-state index in [9.17, 15) is 4.79 Å². The van der Waals surface area contributed by atoms with E-state index in [1.165, 1.54) is 0 Å². The summed E-state index contributed by atoms with van der Waals surface area (Å²) in [5.41, 5.74) is 2.56. The molecule has 0 atom stereocenters. The van der Waals surface area contributed by atoms with Crippen LogP contribution >= 0.6 is 34.2 Å². The molecule has 2 aromatic carbocycles. The summed E-state index contributed by atoms with van der Waals surface area (Å²) in [5, 5.41) is 3.64. The molecule has 2 rings (SSSR count). The molecule has 0 bridgehead atoms. The lowest BCUT2D eigenvalue weighted by atomic mass is 9.86. The zero-order valence-electron chi connectivity index (χ0n) is 12.2. The predicted molar refractivity (Wildman–Crippen MR) is 97.3 cm³/mol. The van der Waals surface area contributed by atoms with Crippen molar-refractivity contribution in [2.45, 2.75) is 26.2 Å². The number of anilines is 1. The summed E-state index contributed by atoms with van der Waals surface area (Å²) in [6.07, 6.45) is 0. The summed E-state index contributed by atoms with van der Waals surface area (Å²) in [5.74, 6) is -0.118. The monoisotopic (exact) mass is 413 g/mol. The Kier molecular flexibility index (Phi) is 4.94. The third kappa shape index (κ3) is 3.98. The maximum atomic E-state index is 12.5. The Balaban J connectivity index is 2.32. The van der Waals surface area contributed by atoms with Crippen LogP contribution in [-0.4, -0.2) is 5.91 Å². The second kappa shape index (κ2) is 6.36. The first-order valence-electron chi connectivity index (χ1n) is 6.65. The van der Waals surface area contributed by atoms with E-state index < -0.39 is 0 Å². The van der Waals surface area contributed by atoms with Gasteiger partial charge in [0.05, 0.1) is 5.56 Å². The van der Waals surface area contributed by atoms with E-state index in [0.717, 1.165) is 14.8 Å². The Morgan fingerprint density at radius 2 is 1.81 bits per heavy atom. The highest BCUT2D eigenvalue weighted by Gasteiger charge is 2.19. The van der Waals surface area contributed by atoms with E-state index in [1.54, 1.807) is 18.2 Å². The van der Waals surface area contributed by atoms with Gasteiger partial charge < -0.3 is 5.32 Å². The first-order valence-corrected chi connectivity index (χ1v) is 8.10. The molecule has 0 aliphatic rings. The highest BCUT2D eigenvalue weighted by molar-refractivity contribution is 14.1. The van der Waals surface area contributed by atoms with Crippen LogP contribution < -0.4 is 5.32 Å². The van der Waals surface area contributed by atoms with E-state index in [0.29, 0.717) is 10.6 Å². The van der Waals surface area contributed by atoms with Gasteiger partial charge in [-0.05, 0) is 57.8 Å². The Hall–Kier alpha value is -1.07. The van der Waals surface area contributed by atoms with Crippen LogP contribution in [0.25, 0.3) is 0 Å².